The van der Waals surface area contributed by atoms with E-state index in [0.29, 0.717) is 23.9 Å². The molecule has 2 heterocycles. The van der Waals surface area contributed by atoms with Gasteiger partial charge in [0.2, 0.25) is 12.6 Å². The molecule has 0 unspecified atom stereocenters. The second-order valence-corrected chi connectivity index (χ2v) is 5.99. The SMILES string of the molecule is CCOc1ccc(CC(=O)OCc2nc(-c3ccc4c(c3)OCO4)no2)cc1. The standard InChI is InChI=1S/C20H18N2O6/c1-2-24-15-6-3-13(4-7-15)9-19(23)25-11-18-21-20(22-28-18)14-5-8-16-17(10-14)27-12-26-16/h3-8,10H,2,9,11-12H2,1H3. The summed E-state index contributed by atoms with van der Waals surface area (Å²) < 4.78 is 26.4. The number of hydrogen-bond acceptors (Lipinski definition) is 8. The fourth-order valence-electron chi connectivity index (χ4n) is 2.70. The molecule has 28 heavy (non-hydrogen) atoms. The van der Waals surface area contributed by atoms with E-state index in [1.54, 1.807) is 18.2 Å². The molecule has 4 rings (SSSR count). The second kappa shape index (κ2) is 7.99. The molecule has 2 aromatic carbocycles. The third kappa shape index (κ3) is 4.06. The Bertz CT molecular complexity index is 967. The molecule has 8 heteroatoms. The van der Waals surface area contributed by atoms with Crippen molar-refractivity contribution in [2.75, 3.05) is 13.4 Å². The van der Waals surface area contributed by atoms with Crippen molar-refractivity contribution in [2.45, 2.75) is 20.0 Å². The molecule has 0 radical (unpaired) electrons. The lowest BCUT2D eigenvalue weighted by atomic mass is 10.1. The molecule has 144 valence electrons. The summed E-state index contributed by atoms with van der Waals surface area (Å²) in [5.41, 5.74) is 1.56. The Morgan fingerprint density at radius 2 is 1.93 bits per heavy atom. The smallest absolute Gasteiger partial charge is 0.310 e. The van der Waals surface area contributed by atoms with Crippen LogP contribution in [0.2, 0.25) is 0 Å². The number of carbonyl (C=O) groups excluding carboxylic acids is 1. The van der Waals surface area contributed by atoms with E-state index in [4.69, 9.17) is 23.5 Å². The maximum atomic E-state index is 12.0. The molecule has 0 aliphatic carbocycles. The zero-order valence-electron chi connectivity index (χ0n) is 15.2. The minimum Gasteiger partial charge on any atom is -0.494 e. The van der Waals surface area contributed by atoms with Gasteiger partial charge in [0.15, 0.2) is 18.1 Å². The van der Waals surface area contributed by atoms with Crippen LogP contribution in [-0.4, -0.2) is 29.5 Å². The van der Waals surface area contributed by atoms with Gasteiger partial charge in [0, 0.05) is 5.56 Å². The number of rotatable bonds is 7. The molecule has 0 fully saturated rings. The number of carbonyl (C=O) groups is 1. The molecule has 0 spiro atoms. The molecular weight excluding hydrogens is 364 g/mol. The van der Waals surface area contributed by atoms with E-state index in [9.17, 15) is 4.79 Å². The molecule has 1 aliphatic rings. The number of fused-ring (bicyclic) bond motifs is 1. The van der Waals surface area contributed by atoms with Crippen molar-refractivity contribution in [1.29, 1.82) is 0 Å². The highest BCUT2D eigenvalue weighted by molar-refractivity contribution is 5.72. The summed E-state index contributed by atoms with van der Waals surface area (Å²) in [6.07, 6.45) is 0.148. The van der Waals surface area contributed by atoms with Crippen LogP contribution in [0.15, 0.2) is 47.0 Å². The van der Waals surface area contributed by atoms with Crippen molar-refractivity contribution in [2.24, 2.45) is 0 Å². The van der Waals surface area contributed by atoms with Crippen LogP contribution in [-0.2, 0) is 22.6 Å². The maximum Gasteiger partial charge on any atom is 0.310 e. The molecule has 1 aromatic heterocycles. The number of hydrogen-bond donors (Lipinski definition) is 0. The highest BCUT2D eigenvalue weighted by atomic mass is 16.7. The number of benzene rings is 2. The van der Waals surface area contributed by atoms with E-state index < -0.39 is 0 Å². The molecule has 0 saturated carbocycles. The lowest BCUT2D eigenvalue weighted by molar-refractivity contribution is -0.144. The van der Waals surface area contributed by atoms with Crippen LogP contribution in [0.4, 0.5) is 0 Å². The van der Waals surface area contributed by atoms with E-state index >= 15 is 0 Å². The van der Waals surface area contributed by atoms with Gasteiger partial charge in [0.05, 0.1) is 13.0 Å². The molecule has 0 atom stereocenters. The van der Waals surface area contributed by atoms with Gasteiger partial charge in [-0.15, -0.1) is 0 Å². The lowest BCUT2D eigenvalue weighted by Crippen LogP contribution is -2.08. The van der Waals surface area contributed by atoms with Gasteiger partial charge in [0.25, 0.3) is 5.89 Å². The fraction of sp³-hybridized carbons (Fsp3) is 0.250. The van der Waals surface area contributed by atoms with Crippen molar-refractivity contribution in [1.82, 2.24) is 10.1 Å². The van der Waals surface area contributed by atoms with Gasteiger partial charge in [-0.3, -0.25) is 4.79 Å². The largest absolute Gasteiger partial charge is 0.494 e. The average Bonchev–Trinajstić information content (AvgIpc) is 3.37. The van der Waals surface area contributed by atoms with E-state index in [1.165, 1.54) is 0 Å². The van der Waals surface area contributed by atoms with Gasteiger partial charge in [-0.05, 0) is 42.8 Å². The van der Waals surface area contributed by atoms with Crippen LogP contribution in [0.1, 0.15) is 18.4 Å². The van der Waals surface area contributed by atoms with E-state index in [1.807, 2.05) is 31.2 Å². The highest BCUT2D eigenvalue weighted by Gasteiger charge is 2.17. The van der Waals surface area contributed by atoms with Crippen LogP contribution in [0.3, 0.4) is 0 Å². The molecule has 8 nitrogen and oxygen atoms in total. The maximum absolute atomic E-state index is 12.0. The number of esters is 1. The zero-order valence-corrected chi connectivity index (χ0v) is 15.2. The minimum atomic E-state index is -0.382. The van der Waals surface area contributed by atoms with E-state index in [2.05, 4.69) is 10.1 Å². The number of ether oxygens (including phenoxy) is 4. The Labute approximate surface area is 161 Å². The predicted molar refractivity (Wildman–Crippen MR) is 97.0 cm³/mol. The summed E-state index contributed by atoms with van der Waals surface area (Å²) in [7, 11) is 0. The summed E-state index contributed by atoms with van der Waals surface area (Å²) in [6, 6.07) is 12.7. The monoisotopic (exact) mass is 382 g/mol. The zero-order chi connectivity index (χ0) is 19.3. The Balaban J connectivity index is 1.32. The lowest BCUT2D eigenvalue weighted by Gasteiger charge is -2.05. The van der Waals surface area contributed by atoms with Crippen LogP contribution in [0, 0.1) is 0 Å². The molecule has 0 amide bonds. The average molecular weight is 382 g/mol. The normalized spacial score (nSPS) is 12.0. The van der Waals surface area contributed by atoms with E-state index in [0.717, 1.165) is 16.9 Å². The molecule has 1 aliphatic heterocycles. The third-order valence-corrected chi connectivity index (χ3v) is 4.04. The van der Waals surface area contributed by atoms with Crippen LogP contribution in [0.25, 0.3) is 11.4 Å². The predicted octanol–water partition coefficient (Wildman–Crippen LogP) is 3.15. The summed E-state index contributed by atoms with van der Waals surface area (Å²) in [4.78, 5) is 16.3. The van der Waals surface area contributed by atoms with Crippen molar-refractivity contribution in [3.8, 4) is 28.6 Å². The first-order valence-corrected chi connectivity index (χ1v) is 8.81. The fourth-order valence-corrected chi connectivity index (χ4v) is 2.70. The molecular formula is C20H18N2O6. The molecule has 0 N–H and O–H groups in total. The minimum absolute atomic E-state index is 0.0899. The Morgan fingerprint density at radius 1 is 1.11 bits per heavy atom. The van der Waals surface area contributed by atoms with Crippen LogP contribution >= 0.6 is 0 Å². The van der Waals surface area contributed by atoms with E-state index in [-0.39, 0.29) is 31.7 Å². The van der Waals surface area contributed by atoms with Crippen molar-refractivity contribution < 1.29 is 28.3 Å². The Kier molecular flexibility index (Phi) is 5.09. The van der Waals surface area contributed by atoms with Gasteiger partial charge in [-0.25, -0.2) is 0 Å². The van der Waals surface area contributed by atoms with Crippen LogP contribution in [0.5, 0.6) is 17.2 Å². The first-order valence-electron chi connectivity index (χ1n) is 8.81. The molecule has 3 aromatic rings. The second-order valence-electron chi connectivity index (χ2n) is 5.99. The Hall–Kier alpha value is -3.55. The van der Waals surface area contributed by atoms with Gasteiger partial charge < -0.3 is 23.5 Å². The first kappa shape index (κ1) is 17.8. The third-order valence-electron chi connectivity index (χ3n) is 4.04. The van der Waals surface area contributed by atoms with Gasteiger partial charge in [-0.2, -0.15) is 4.98 Å². The molecule has 0 bridgehead atoms. The van der Waals surface area contributed by atoms with Gasteiger partial charge >= 0.3 is 5.97 Å². The van der Waals surface area contributed by atoms with Crippen molar-refractivity contribution in [3.63, 3.8) is 0 Å². The summed E-state index contributed by atoms with van der Waals surface area (Å²) in [5.74, 6) is 2.29. The Morgan fingerprint density at radius 3 is 2.75 bits per heavy atom. The quantitative estimate of drug-likeness (QED) is 0.576. The number of nitrogens with zero attached hydrogens (tertiary/aromatic N) is 2. The molecule has 0 saturated heterocycles. The van der Waals surface area contributed by atoms with Crippen molar-refractivity contribution in [3.05, 3.63) is 53.9 Å². The first-order chi connectivity index (χ1) is 13.7. The van der Waals surface area contributed by atoms with Crippen molar-refractivity contribution >= 4 is 5.97 Å². The summed E-state index contributed by atoms with van der Waals surface area (Å²) in [5, 5.41) is 3.91. The topological polar surface area (TPSA) is 92.9 Å². The van der Waals surface area contributed by atoms with Crippen LogP contribution < -0.4 is 14.2 Å². The highest BCUT2D eigenvalue weighted by Crippen LogP contribution is 2.35. The van der Waals surface area contributed by atoms with Gasteiger partial charge in [-0.1, -0.05) is 17.3 Å². The summed E-state index contributed by atoms with van der Waals surface area (Å²) in [6.45, 7) is 2.62. The number of aromatic nitrogens is 2. The van der Waals surface area contributed by atoms with Gasteiger partial charge in [0.1, 0.15) is 5.75 Å². The summed E-state index contributed by atoms with van der Waals surface area (Å²) >= 11 is 0.